The van der Waals surface area contributed by atoms with Gasteiger partial charge in [-0.25, -0.2) is 0 Å². The summed E-state index contributed by atoms with van der Waals surface area (Å²) in [6.45, 7) is 2.30. The van der Waals surface area contributed by atoms with E-state index in [4.69, 9.17) is 0 Å². The van der Waals surface area contributed by atoms with Gasteiger partial charge in [-0.3, -0.25) is 0 Å². The van der Waals surface area contributed by atoms with Crippen molar-refractivity contribution in [2.75, 3.05) is 0 Å². The summed E-state index contributed by atoms with van der Waals surface area (Å²) in [6.07, 6.45) is 13.5. The molecule has 0 amide bonds. The molecule has 2 rings (SSSR count). The van der Waals surface area contributed by atoms with E-state index in [1.165, 1.54) is 19.3 Å². The molecule has 0 fully saturated rings. The van der Waals surface area contributed by atoms with Gasteiger partial charge in [0, 0.05) is 0 Å². The van der Waals surface area contributed by atoms with Crippen LogP contribution in [0.5, 0.6) is 0 Å². The molecule has 3 atom stereocenters. The molecular weight excluding hydrogens is 144 g/mol. The first-order chi connectivity index (χ1) is 5.42. The minimum absolute atomic E-state index is 0. The molecule has 0 bridgehead atoms. The van der Waals surface area contributed by atoms with E-state index in [9.17, 15) is 0 Å². The lowest BCUT2D eigenvalue weighted by molar-refractivity contribution is 0.305. The SMILES string of the molecule is CCC1C=CCC2C=CCC12.[CH2]. The second kappa shape index (κ2) is 3.93. The molecule has 0 N–H and O–H groups in total. The van der Waals surface area contributed by atoms with E-state index in [1.807, 2.05) is 0 Å². The van der Waals surface area contributed by atoms with E-state index in [-0.39, 0.29) is 7.43 Å². The van der Waals surface area contributed by atoms with Crippen LogP contribution in [0.4, 0.5) is 0 Å². The minimum atomic E-state index is 0. The van der Waals surface area contributed by atoms with E-state index in [1.54, 1.807) is 0 Å². The molecule has 0 aromatic carbocycles. The average molecular weight is 162 g/mol. The summed E-state index contributed by atoms with van der Waals surface area (Å²) in [5.74, 6) is 2.69. The Morgan fingerprint density at radius 3 is 2.67 bits per heavy atom. The Morgan fingerprint density at radius 2 is 1.92 bits per heavy atom. The van der Waals surface area contributed by atoms with Crippen molar-refractivity contribution in [2.24, 2.45) is 17.8 Å². The number of hydrogen-bond acceptors (Lipinski definition) is 0. The predicted octanol–water partition coefficient (Wildman–Crippen LogP) is 3.49. The fraction of sp³-hybridized carbons (Fsp3) is 0.583. The van der Waals surface area contributed by atoms with Crippen LogP contribution in [0, 0.1) is 25.2 Å². The molecule has 0 aromatic heterocycles. The Kier molecular flexibility index (Phi) is 3.13. The molecule has 0 aromatic rings. The van der Waals surface area contributed by atoms with Crippen LogP contribution in [-0.4, -0.2) is 0 Å². The van der Waals surface area contributed by atoms with Gasteiger partial charge in [0.05, 0.1) is 0 Å². The molecule has 3 unspecified atom stereocenters. The van der Waals surface area contributed by atoms with Crippen LogP contribution in [0.25, 0.3) is 0 Å². The molecule has 0 saturated heterocycles. The fourth-order valence-electron chi connectivity index (χ4n) is 2.47. The third-order valence-corrected chi connectivity index (χ3v) is 3.15. The van der Waals surface area contributed by atoms with Gasteiger partial charge < -0.3 is 0 Å². The average Bonchev–Trinajstić information content (AvgIpc) is 2.50. The first-order valence-corrected chi connectivity index (χ1v) is 4.75. The van der Waals surface area contributed by atoms with Crippen molar-refractivity contribution < 1.29 is 0 Å². The maximum atomic E-state index is 2.42. The van der Waals surface area contributed by atoms with Crippen molar-refractivity contribution in [3.05, 3.63) is 31.7 Å². The molecule has 0 nitrogen and oxygen atoms in total. The lowest BCUT2D eigenvalue weighted by Gasteiger charge is -2.28. The summed E-state index contributed by atoms with van der Waals surface area (Å²) in [5, 5.41) is 0. The Balaban J connectivity index is 0.000000720. The lowest BCUT2D eigenvalue weighted by Crippen LogP contribution is -2.20. The highest BCUT2D eigenvalue weighted by Gasteiger charge is 2.29. The lowest BCUT2D eigenvalue weighted by atomic mass is 9.76. The second-order valence-electron chi connectivity index (χ2n) is 3.73. The van der Waals surface area contributed by atoms with Crippen molar-refractivity contribution in [1.29, 1.82) is 0 Å². The van der Waals surface area contributed by atoms with Crippen molar-refractivity contribution in [2.45, 2.75) is 26.2 Å². The molecule has 0 heterocycles. The normalized spacial score (nSPS) is 37.6. The van der Waals surface area contributed by atoms with Gasteiger partial charge in [-0.1, -0.05) is 38.7 Å². The van der Waals surface area contributed by atoms with Gasteiger partial charge in [-0.15, -0.1) is 0 Å². The molecule has 0 heteroatoms. The molecule has 0 saturated carbocycles. The third kappa shape index (κ3) is 1.48. The Labute approximate surface area is 76.4 Å². The fourth-order valence-corrected chi connectivity index (χ4v) is 2.47. The molecule has 2 aliphatic rings. The smallest absolute Gasteiger partial charge is 0.0162 e. The summed E-state index contributed by atoms with van der Waals surface area (Å²) in [6, 6.07) is 0. The molecule has 2 radical (unpaired) electrons. The van der Waals surface area contributed by atoms with Gasteiger partial charge in [0.1, 0.15) is 0 Å². The Bertz CT molecular complexity index is 188. The molecule has 12 heavy (non-hydrogen) atoms. The van der Waals surface area contributed by atoms with Crippen LogP contribution in [0.1, 0.15) is 26.2 Å². The van der Waals surface area contributed by atoms with Crippen molar-refractivity contribution in [3.8, 4) is 0 Å². The first-order valence-electron chi connectivity index (χ1n) is 4.75. The maximum absolute atomic E-state index is 2.42. The number of rotatable bonds is 1. The van der Waals surface area contributed by atoms with Gasteiger partial charge in [-0.2, -0.15) is 0 Å². The molecule has 2 aliphatic carbocycles. The van der Waals surface area contributed by atoms with E-state index in [2.05, 4.69) is 31.2 Å². The van der Waals surface area contributed by atoms with Crippen LogP contribution in [-0.2, 0) is 0 Å². The van der Waals surface area contributed by atoms with Crippen LogP contribution in [0.15, 0.2) is 24.3 Å². The van der Waals surface area contributed by atoms with Gasteiger partial charge in [0.25, 0.3) is 0 Å². The molecule has 0 aliphatic heterocycles. The highest BCUT2D eigenvalue weighted by molar-refractivity contribution is 5.11. The van der Waals surface area contributed by atoms with Crippen LogP contribution in [0.3, 0.4) is 0 Å². The monoisotopic (exact) mass is 162 g/mol. The van der Waals surface area contributed by atoms with Crippen LogP contribution < -0.4 is 0 Å². The van der Waals surface area contributed by atoms with E-state index < -0.39 is 0 Å². The topological polar surface area (TPSA) is 0 Å². The van der Waals surface area contributed by atoms with Gasteiger partial charge in [0.2, 0.25) is 0 Å². The van der Waals surface area contributed by atoms with Gasteiger partial charge in [0.15, 0.2) is 0 Å². The summed E-state index contributed by atoms with van der Waals surface area (Å²) >= 11 is 0. The zero-order valence-electron chi connectivity index (χ0n) is 7.87. The molecular formula is C12H18. The zero-order chi connectivity index (χ0) is 7.68. The van der Waals surface area contributed by atoms with Crippen molar-refractivity contribution in [1.82, 2.24) is 0 Å². The number of hydrogen-bond donors (Lipinski definition) is 0. The summed E-state index contributed by atoms with van der Waals surface area (Å²) in [5.41, 5.74) is 0. The number of fused-ring (bicyclic) bond motifs is 1. The number of allylic oxidation sites excluding steroid dienone is 4. The van der Waals surface area contributed by atoms with Crippen LogP contribution in [0.2, 0.25) is 0 Å². The standard InChI is InChI=1S/C11H16.CH2/c1-2-9-5-3-6-10-7-4-8-11(9)10;/h3-5,7,9-11H,2,6,8H2,1H3;1H2. The van der Waals surface area contributed by atoms with Crippen LogP contribution >= 0.6 is 0 Å². The largest absolute Gasteiger partial charge is 0.0879 e. The highest BCUT2D eigenvalue weighted by Crippen LogP contribution is 2.39. The Morgan fingerprint density at radius 1 is 1.17 bits per heavy atom. The van der Waals surface area contributed by atoms with E-state index in [0.29, 0.717) is 0 Å². The summed E-state index contributed by atoms with van der Waals surface area (Å²) in [7, 11) is 0. The molecule has 0 spiro atoms. The minimum Gasteiger partial charge on any atom is -0.0879 e. The van der Waals surface area contributed by atoms with Gasteiger partial charge in [-0.05, 0) is 37.0 Å². The third-order valence-electron chi connectivity index (χ3n) is 3.15. The predicted molar refractivity (Wildman–Crippen MR) is 53.6 cm³/mol. The van der Waals surface area contributed by atoms with E-state index >= 15 is 0 Å². The highest BCUT2D eigenvalue weighted by atomic mass is 14.3. The summed E-state index contributed by atoms with van der Waals surface area (Å²) in [4.78, 5) is 0. The second-order valence-corrected chi connectivity index (χ2v) is 3.73. The van der Waals surface area contributed by atoms with E-state index in [0.717, 1.165) is 17.8 Å². The molecule has 66 valence electrons. The van der Waals surface area contributed by atoms with Crippen molar-refractivity contribution >= 4 is 0 Å². The summed E-state index contributed by atoms with van der Waals surface area (Å²) < 4.78 is 0. The zero-order valence-corrected chi connectivity index (χ0v) is 7.87. The van der Waals surface area contributed by atoms with Crippen molar-refractivity contribution in [3.63, 3.8) is 0 Å². The Hall–Kier alpha value is -0.520. The van der Waals surface area contributed by atoms with Gasteiger partial charge >= 0.3 is 0 Å². The quantitative estimate of drug-likeness (QED) is 0.518. The maximum Gasteiger partial charge on any atom is -0.0162 e. The first kappa shape index (κ1) is 9.57.